The largest absolute Gasteiger partial charge is 0.332 e. The summed E-state index contributed by atoms with van der Waals surface area (Å²) in [5.41, 5.74) is 6.42. The zero-order chi connectivity index (χ0) is 18.2. The minimum atomic E-state index is 0.565. The van der Waals surface area contributed by atoms with Crippen LogP contribution >= 0.6 is 0 Å². The number of aromatic nitrogens is 5. The molecule has 27 heavy (non-hydrogen) atoms. The summed E-state index contributed by atoms with van der Waals surface area (Å²) in [5, 5.41) is 17.4. The third-order valence-corrected chi connectivity index (χ3v) is 4.59. The molecule has 0 N–H and O–H groups in total. The zero-order valence-corrected chi connectivity index (χ0v) is 14.3. The van der Waals surface area contributed by atoms with Crippen molar-refractivity contribution >= 4 is 11.0 Å². The van der Waals surface area contributed by atoms with Gasteiger partial charge >= 0.3 is 0 Å². The van der Waals surface area contributed by atoms with Crippen LogP contribution in [0.2, 0.25) is 0 Å². The second-order valence-corrected chi connectivity index (χ2v) is 6.35. The highest BCUT2D eigenvalue weighted by molar-refractivity contribution is 5.74. The Hall–Kier alpha value is -3.98. The Labute approximate surface area is 155 Å². The Morgan fingerprint density at radius 1 is 0.926 bits per heavy atom. The molecule has 5 rings (SSSR count). The molecule has 0 saturated heterocycles. The van der Waals surface area contributed by atoms with Gasteiger partial charge < -0.3 is 4.57 Å². The van der Waals surface area contributed by atoms with Gasteiger partial charge in [0.05, 0.1) is 28.5 Å². The van der Waals surface area contributed by atoms with Gasteiger partial charge in [0.25, 0.3) is 0 Å². The van der Waals surface area contributed by atoms with Crippen LogP contribution in [0.15, 0.2) is 73.1 Å². The lowest BCUT2D eigenvalue weighted by molar-refractivity contribution is 0.543. The van der Waals surface area contributed by atoms with Crippen molar-refractivity contribution in [1.82, 2.24) is 24.5 Å². The zero-order valence-electron chi connectivity index (χ0n) is 14.3. The summed E-state index contributed by atoms with van der Waals surface area (Å²) in [7, 11) is 0. The molecule has 2 aromatic carbocycles. The Balaban J connectivity index is 1.49. The number of hydrogen-bond donors (Lipinski definition) is 0. The van der Waals surface area contributed by atoms with Gasteiger partial charge in [-0.25, -0.2) is 9.67 Å². The van der Waals surface area contributed by atoms with Gasteiger partial charge in [0.1, 0.15) is 12.2 Å². The van der Waals surface area contributed by atoms with Gasteiger partial charge in [-0.1, -0.05) is 29.5 Å². The molecule has 6 heteroatoms. The normalized spacial score (nSPS) is 11.1. The molecule has 2 aliphatic heterocycles. The molecule has 2 aliphatic rings. The highest BCUT2D eigenvalue weighted by Gasteiger charge is 2.11. The highest BCUT2D eigenvalue weighted by atomic mass is 15.5. The smallest absolute Gasteiger partial charge is 0.118 e. The van der Waals surface area contributed by atoms with Crippen LogP contribution in [0.5, 0.6) is 0 Å². The number of nitrogens with zero attached hydrogens (tertiary/aromatic N) is 6. The number of nitriles is 1. The molecule has 0 atom stereocenters. The molecule has 3 heterocycles. The molecule has 1 aromatic heterocycles. The minimum Gasteiger partial charge on any atom is -0.332 e. The van der Waals surface area contributed by atoms with E-state index in [0.29, 0.717) is 12.2 Å². The lowest BCUT2D eigenvalue weighted by Gasteiger charge is -2.08. The van der Waals surface area contributed by atoms with Gasteiger partial charge in [0.2, 0.25) is 0 Å². The summed E-state index contributed by atoms with van der Waals surface area (Å²) in [6, 6.07) is 21.6. The van der Waals surface area contributed by atoms with Crippen molar-refractivity contribution in [3.05, 3.63) is 78.6 Å². The van der Waals surface area contributed by atoms with Crippen molar-refractivity contribution in [1.29, 1.82) is 5.26 Å². The third kappa shape index (κ3) is 2.71. The van der Waals surface area contributed by atoms with E-state index in [1.54, 1.807) is 0 Å². The van der Waals surface area contributed by atoms with Crippen molar-refractivity contribution in [3.8, 4) is 28.6 Å². The molecule has 0 aliphatic carbocycles. The summed E-state index contributed by atoms with van der Waals surface area (Å²) >= 11 is 0. The first kappa shape index (κ1) is 15.3. The van der Waals surface area contributed by atoms with E-state index in [0.717, 1.165) is 33.5 Å². The number of benzene rings is 2. The van der Waals surface area contributed by atoms with Crippen molar-refractivity contribution in [2.45, 2.75) is 6.67 Å². The molecule has 0 bridgehead atoms. The van der Waals surface area contributed by atoms with Crippen LogP contribution in [-0.4, -0.2) is 24.5 Å². The number of para-hydroxylation sites is 1. The van der Waals surface area contributed by atoms with Gasteiger partial charge in [0, 0.05) is 23.5 Å². The first-order valence-electron chi connectivity index (χ1n) is 8.55. The van der Waals surface area contributed by atoms with E-state index in [-0.39, 0.29) is 0 Å². The molecule has 6 nitrogen and oxygen atoms in total. The first-order chi connectivity index (χ1) is 13.3. The molecule has 128 valence electrons. The van der Waals surface area contributed by atoms with E-state index in [2.05, 4.69) is 28.5 Å². The summed E-state index contributed by atoms with van der Waals surface area (Å²) in [5.74, 6) is 0. The van der Waals surface area contributed by atoms with Crippen molar-refractivity contribution < 1.29 is 0 Å². The fourth-order valence-corrected chi connectivity index (χ4v) is 3.19. The standard InChI is InChI=1S/C21H14N6/c22-12-15-5-7-16(8-6-15)19-11-17-9-10-26(13-20(17)23-19)14-27-21-4-2-1-3-18(21)24-25-27/h1-11,13H,14H2. The SMILES string of the molecule is N#Cc1ccc(-c2cc3ccn(Cn4nnc5ccccc54)cc-3n2)cc1. The van der Waals surface area contributed by atoms with E-state index in [1.165, 1.54) is 0 Å². The highest BCUT2D eigenvalue weighted by Crippen LogP contribution is 2.28. The number of rotatable bonds is 3. The van der Waals surface area contributed by atoms with Crippen LogP contribution in [0.3, 0.4) is 0 Å². The topological polar surface area (TPSA) is 72.3 Å². The van der Waals surface area contributed by atoms with Gasteiger partial charge in [-0.05, 0) is 36.4 Å². The molecule has 0 unspecified atom stereocenters. The average Bonchev–Trinajstić information content (AvgIpc) is 3.32. The van der Waals surface area contributed by atoms with Gasteiger partial charge in [-0.15, -0.1) is 5.10 Å². The molecular weight excluding hydrogens is 336 g/mol. The third-order valence-electron chi connectivity index (χ3n) is 4.59. The van der Waals surface area contributed by atoms with Crippen molar-refractivity contribution in [2.24, 2.45) is 0 Å². The van der Waals surface area contributed by atoms with Crippen LogP contribution in [0, 0.1) is 11.3 Å². The second kappa shape index (κ2) is 6.07. The number of fused-ring (bicyclic) bond motifs is 2. The molecule has 0 radical (unpaired) electrons. The molecule has 3 aromatic rings. The van der Waals surface area contributed by atoms with Crippen LogP contribution < -0.4 is 0 Å². The predicted octanol–water partition coefficient (Wildman–Crippen LogP) is 3.78. The van der Waals surface area contributed by atoms with Crippen LogP contribution in [0.1, 0.15) is 5.56 Å². The Kier molecular flexibility index (Phi) is 3.44. The summed E-state index contributed by atoms with van der Waals surface area (Å²) in [6.07, 6.45) is 4.03. The summed E-state index contributed by atoms with van der Waals surface area (Å²) in [6.45, 7) is 0.565. The van der Waals surface area contributed by atoms with Crippen LogP contribution in [0.25, 0.3) is 33.5 Å². The van der Waals surface area contributed by atoms with Gasteiger partial charge in [-0.3, -0.25) is 0 Å². The van der Waals surface area contributed by atoms with Crippen LogP contribution in [-0.2, 0) is 6.67 Å². The van der Waals surface area contributed by atoms with Gasteiger partial charge in [0.15, 0.2) is 0 Å². The van der Waals surface area contributed by atoms with Crippen molar-refractivity contribution in [3.63, 3.8) is 0 Å². The van der Waals surface area contributed by atoms with E-state index in [1.807, 2.05) is 70.2 Å². The maximum Gasteiger partial charge on any atom is 0.118 e. The fourth-order valence-electron chi connectivity index (χ4n) is 3.19. The Bertz CT molecular complexity index is 1260. The quantitative estimate of drug-likeness (QED) is 0.496. The molecule has 0 spiro atoms. The fraction of sp³-hybridized carbons (Fsp3) is 0.0476. The Morgan fingerprint density at radius 3 is 2.63 bits per heavy atom. The number of pyridine rings is 1. The average molecular weight is 350 g/mol. The molecule has 0 saturated carbocycles. The maximum atomic E-state index is 8.94. The molecule has 0 fully saturated rings. The lowest BCUT2D eigenvalue weighted by Crippen LogP contribution is -2.09. The molecule has 0 amide bonds. The van der Waals surface area contributed by atoms with E-state index in [9.17, 15) is 0 Å². The Morgan fingerprint density at radius 2 is 1.78 bits per heavy atom. The monoisotopic (exact) mass is 350 g/mol. The lowest BCUT2D eigenvalue weighted by atomic mass is 10.1. The second-order valence-electron chi connectivity index (χ2n) is 6.35. The predicted molar refractivity (Wildman–Crippen MR) is 102 cm³/mol. The molecular formula is C21H14N6. The van der Waals surface area contributed by atoms with Gasteiger partial charge in [-0.2, -0.15) is 5.26 Å². The van der Waals surface area contributed by atoms with E-state index < -0.39 is 0 Å². The van der Waals surface area contributed by atoms with E-state index >= 15 is 0 Å². The summed E-state index contributed by atoms with van der Waals surface area (Å²) < 4.78 is 3.91. The van der Waals surface area contributed by atoms with E-state index in [4.69, 9.17) is 10.2 Å². The maximum absolute atomic E-state index is 8.94. The summed E-state index contributed by atoms with van der Waals surface area (Å²) in [4.78, 5) is 4.74. The van der Waals surface area contributed by atoms with Crippen molar-refractivity contribution in [2.75, 3.05) is 0 Å². The van der Waals surface area contributed by atoms with Crippen LogP contribution in [0.4, 0.5) is 0 Å². The first-order valence-corrected chi connectivity index (χ1v) is 8.55. The minimum absolute atomic E-state index is 0.565. The number of hydrogen-bond acceptors (Lipinski definition) is 4.